The number of carbonyl (C=O) groups is 1. The lowest BCUT2D eigenvalue weighted by molar-refractivity contribution is -0.136. The van der Waals surface area contributed by atoms with Crippen molar-refractivity contribution in [3.8, 4) is 0 Å². The number of nitrogens with one attached hydrogen (secondary N) is 1. The summed E-state index contributed by atoms with van der Waals surface area (Å²) in [5.41, 5.74) is 1.45. The first-order valence-electron chi connectivity index (χ1n) is 6.57. The lowest BCUT2D eigenvalue weighted by Crippen LogP contribution is -2.53. The van der Waals surface area contributed by atoms with E-state index in [1.807, 2.05) is 11.8 Å². The summed E-state index contributed by atoms with van der Waals surface area (Å²) < 4.78 is 0. The van der Waals surface area contributed by atoms with Gasteiger partial charge in [-0.2, -0.15) is 0 Å². The summed E-state index contributed by atoms with van der Waals surface area (Å²) in [6, 6.07) is 0.0254. The van der Waals surface area contributed by atoms with Crippen LogP contribution < -0.4 is 5.32 Å². The van der Waals surface area contributed by atoms with Crippen LogP contribution in [0.25, 0.3) is 0 Å². The van der Waals surface area contributed by atoms with Crippen molar-refractivity contribution in [2.45, 2.75) is 26.3 Å². The molecule has 4 heteroatoms. The Morgan fingerprint density at radius 2 is 2.06 bits per heavy atom. The van der Waals surface area contributed by atoms with Gasteiger partial charge in [-0.25, -0.2) is 0 Å². The Kier molecular flexibility index (Phi) is 4.18. The van der Waals surface area contributed by atoms with Crippen LogP contribution in [0.15, 0.2) is 11.6 Å². The average Bonchev–Trinajstić information content (AvgIpc) is 2.39. The van der Waals surface area contributed by atoms with Crippen molar-refractivity contribution < 1.29 is 4.79 Å². The fraction of sp³-hybridized carbons (Fsp3) is 0.769. The van der Waals surface area contributed by atoms with Gasteiger partial charge < -0.3 is 10.2 Å². The molecular formula is C13H23N3O. The van der Waals surface area contributed by atoms with Crippen LogP contribution in [0, 0.1) is 0 Å². The molecule has 1 amide bonds. The van der Waals surface area contributed by atoms with Crippen LogP contribution in [-0.2, 0) is 4.79 Å². The first-order valence-corrected chi connectivity index (χ1v) is 6.57. The maximum Gasteiger partial charge on any atom is 0.239 e. The lowest BCUT2D eigenvalue weighted by Gasteiger charge is -2.35. The molecule has 1 unspecified atom stereocenters. The highest BCUT2D eigenvalue weighted by atomic mass is 16.2. The first-order chi connectivity index (χ1) is 8.18. The smallest absolute Gasteiger partial charge is 0.239 e. The third-order valence-electron chi connectivity index (χ3n) is 3.80. The highest BCUT2D eigenvalue weighted by Gasteiger charge is 2.27. The number of piperazine rings is 1. The molecule has 0 aromatic rings. The predicted octanol–water partition coefficient (Wildman–Crippen LogP) is 0.459. The van der Waals surface area contributed by atoms with Gasteiger partial charge >= 0.3 is 0 Å². The molecule has 1 fully saturated rings. The van der Waals surface area contributed by atoms with E-state index in [0.29, 0.717) is 5.91 Å². The minimum atomic E-state index is 0.0254. The van der Waals surface area contributed by atoms with Crippen LogP contribution in [0.2, 0.25) is 0 Å². The van der Waals surface area contributed by atoms with Crippen LogP contribution in [0.1, 0.15) is 20.3 Å². The minimum Gasteiger partial charge on any atom is -0.339 e. The molecule has 1 N–H and O–H groups in total. The van der Waals surface area contributed by atoms with Crippen LogP contribution in [0.5, 0.6) is 0 Å². The van der Waals surface area contributed by atoms with Gasteiger partial charge in [0, 0.05) is 39.3 Å². The molecule has 1 saturated heterocycles. The molecule has 96 valence electrons. The van der Waals surface area contributed by atoms with E-state index in [1.165, 1.54) is 5.57 Å². The van der Waals surface area contributed by atoms with Gasteiger partial charge in [0.1, 0.15) is 0 Å². The summed E-state index contributed by atoms with van der Waals surface area (Å²) in [7, 11) is 0. The van der Waals surface area contributed by atoms with Crippen molar-refractivity contribution in [1.29, 1.82) is 0 Å². The Bertz CT molecular complexity index is 308. The molecule has 0 aromatic heterocycles. The predicted molar refractivity (Wildman–Crippen MR) is 68.9 cm³/mol. The van der Waals surface area contributed by atoms with E-state index in [-0.39, 0.29) is 6.04 Å². The summed E-state index contributed by atoms with van der Waals surface area (Å²) in [5, 5.41) is 3.28. The molecule has 2 aliphatic heterocycles. The van der Waals surface area contributed by atoms with Crippen molar-refractivity contribution in [3.63, 3.8) is 0 Å². The maximum absolute atomic E-state index is 12.3. The van der Waals surface area contributed by atoms with E-state index >= 15 is 0 Å². The molecule has 2 rings (SSSR count). The SMILES string of the molecule is CC1=CCN(C(C)C(=O)N2CCNCC2)CC1. The summed E-state index contributed by atoms with van der Waals surface area (Å²) in [6.45, 7) is 9.71. The Hall–Kier alpha value is -0.870. The normalized spacial score (nSPS) is 24.4. The number of hydrogen-bond donors (Lipinski definition) is 1. The molecule has 1 atom stereocenters. The zero-order chi connectivity index (χ0) is 12.3. The second-order valence-electron chi connectivity index (χ2n) is 5.05. The van der Waals surface area contributed by atoms with Gasteiger partial charge in [-0.3, -0.25) is 9.69 Å². The molecule has 0 aromatic carbocycles. The number of nitrogens with zero attached hydrogens (tertiary/aromatic N) is 2. The van der Waals surface area contributed by atoms with E-state index in [0.717, 1.165) is 45.7 Å². The molecular weight excluding hydrogens is 214 g/mol. The monoisotopic (exact) mass is 237 g/mol. The van der Waals surface area contributed by atoms with Crippen molar-refractivity contribution >= 4 is 5.91 Å². The molecule has 4 nitrogen and oxygen atoms in total. The van der Waals surface area contributed by atoms with Crippen molar-refractivity contribution in [2.75, 3.05) is 39.3 Å². The second kappa shape index (κ2) is 5.65. The zero-order valence-corrected chi connectivity index (χ0v) is 10.9. The zero-order valence-electron chi connectivity index (χ0n) is 10.9. The van der Waals surface area contributed by atoms with Gasteiger partial charge in [-0.1, -0.05) is 11.6 Å². The molecule has 0 radical (unpaired) electrons. The van der Waals surface area contributed by atoms with Crippen molar-refractivity contribution in [2.24, 2.45) is 0 Å². The molecule has 0 spiro atoms. The quantitative estimate of drug-likeness (QED) is 0.709. The largest absolute Gasteiger partial charge is 0.339 e. The average molecular weight is 237 g/mol. The van der Waals surface area contributed by atoms with Gasteiger partial charge in [0.05, 0.1) is 6.04 Å². The first kappa shape index (κ1) is 12.6. The van der Waals surface area contributed by atoms with Crippen LogP contribution >= 0.6 is 0 Å². The maximum atomic E-state index is 12.3. The van der Waals surface area contributed by atoms with E-state index in [1.54, 1.807) is 0 Å². The summed E-state index contributed by atoms with van der Waals surface area (Å²) in [4.78, 5) is 16.6. The molecule has 0 aliphatic carbocycles. The van der Waals surface area contributed by atoms with Gasteiger partial charge in [0.2, 0.25) is 5.91 Å². The van der Waals surface area contributed by atoms with Gasteiger partial charge in [0.25, 0.3) is 0 Å². The summed E-state index contributed by atoms with van der Waals surface area (Å²) in [6.07, 6.45) is 3.34. The fourth-order valence-electron chi connectivity index (χ4n) is 2.44. The molecule has 17 heavy (non-hydrogen) atoms. The lowest BCUT2D eigenvalue weighted by atomic mass is 10.1. The van der Waals surface area contributed by atoms with Crippen molar-refractivity contribution in [1.82, 2.24) is 15.1 Å². The molecule has 2 heterocycles. The highest BCUT2D eigenvalue weighted by Crippen LogP contribution is 2.14. The fourth-order valence-corrected chi connectivity index (χ4v) is 2.44. The molecule has 0 saturated carbocycles. The van der Waals surface area contributed by atoms with E-state index in [2.05, 4.69) is 23.2 Å². The number of amides is 1. The van der Waals surface area contributed by atoms with Gasteiger partial charge in [-0.05, 0) is 20.3 Å². The highest BCUT2D eigenvalue weighted by molar-refractivity contribution is 5.81. The topological polar surface area (TPSA) is 35.6 Å². The number of rotatable bonds is 2. The van der Waals surface area contributed by atoms with Gasteiger partial charge in [0.15, 0.2) is 0 Å². The minimum absolute atomic E-state index is 0.0254. The van der Waals surface area contributed by atoms with Crippen LogP contribution in [-0.4, -0.2) is 61.0 Å². The second-order valence-corrected chi connectivity index (χ2v) is 5.05. The third-order valence-corrected chi connectivity index (χ3v) is 3.80. The standard InChI is InChI=1S/C13H23N3O/c1-11-3-7-15(8-4-11)12(2)13(17)16-9-5-14-6-10-16/h3,12,14H,4-10H2,1-2H3. The third kappa shape index (κ3) is 3.07. The number of hydrogen-bond acceptors (Lipinski definition) is 3. The van der Waals surface area contributed by atoms with Gasteiger partial charge in [-0.15, -0.1) is 0 Å². The Labute approximate surface area is 104 Å². The Balaban J connectivity index is 1.90. The Morgan fingerprint density at radius 3 is 2.65 bits per heavy atom. The van der Waals surface area contributed by atoms with E-state index in [4.69, 9.17) is 0 Å². The summed E-state index contributed by atoms with van der Waals surface area (Å²) >= 11 is 0. The van der Waals surface area contributed by atoms with E-state index in [9.17, 15) is 4.79 Å². The Morgan fingerprint density at radius 1 is 1.35 bits per heavy atom. The number of carbonyl (C=O) groups excluding carboxylic acids is 1. The van der Waals surface area contributed by atoms with Crippen molar-refractivity contribution in [3.05, 3.63) is 11.6 Å². The molecule has 0 bridgehead atoms. The molecule has 2 aliphatic rings. The van der Waals surface area contributed by atoms with Crippen LogP contribution in [0.4, 0.5) is 0 Å². The van der Waals surface area contributed by atoms with E-state index < -0.39 is 0 Å². The van der Waals surface area contributed by atoms with Crippen LogP contribution in [0.3, 0.4) is 0 Å². The summed E-state index contributed by atoms with van der Waals surface area (Å²) in [5.74, 6) is 0.291.